The van der Waals surface area contributed by atoms with Gasteiger partial charge in [0.1, 0.15) is 11.6 Å². The van der Waals surface area contributed by atoms with Gasteiger partial charge in [-0.3, -0.25) is 14.2 Å². The summed E-state index contributed by atoms with van der Waals surface area (Å²) in [6.45, 7) is 4.12. The highest BCUT2D eigenvalue weighted by molar-refractivity contribution is 6.53. The van der Waals surface area contributed by atoms with Gasteiger partial charge in [-0.25, -0.2) is 4.98 Å². The molecular formula is C19H18Cl3N3O3. The Hall–Kier alpha value is -2.02. The van der Waals surface area contributed by atoms with E-state index in [1.54, 1.807) is 37.3 Å². The van der Waals surface area contributed by atoms with Gasteiger partial charge in [0.05, 0.1) is 29.8 Å². The summed E-state index contributed by atoms with van der Waals surface area (Å²) < 4.78 is 6.88. The number of furan rings is 1. The minimum absolute atomic E-state index is 0.140. The van der Waals surface area contributed by atoms with E-state index in [9.17, 15) is 9.59 Å². The third kappa shape index (κ3) is 4.04. The lowest BCUT2D eigenvalue weighted by Gasteiger charge is -2.30. The van der Waals surface area contributed by atoms with E-state index >= 15 is 0 Å². The summed E-state index contributed by atoms with van der Waals surface area (Å²) in [6, 6.07) is 7.83. The molecule has 0 aliphatic carbocycles. The Labute approximate surface area is 176 Å². The molecule has 0 radical (unpaired) electrons. The molecule has 0 spiro atoms. The third-order valence-corrected chi connectivity index (χ3v) is 5.09. The number of alkyl halides is 2. The maximum absolute atomic E-state index is 13.0. The fraction of sp³-hybridized carbons (Fsp3) is 0.316. The van der Waals surface area contributed by atoms with E-state index in [2.05, 4.69) is 4.98 Å². The highest BCUT2D eigenvalue weighted by Crippen LogP contribution is 2.25. The number of aromatic nitrogens is 2. The molecule has 3 aromatic rings. The second-order valence-corrected chi connectivity index (χ2v) is 7.74. The summed E-state index contributed by atoms with van der Waals surface area (Å²) in [5.41, 5.74) is 0.273. The fourth-order valence-corrected chi connectivity index (χ4v) is 3.50. The molecule has 0 saturated carbocycles. The highest BCUT2D eigenvalue weighted by Gasteiger charge is 2.30. The Morgan fingerprint density at radius 3 is 2.68 bits per heavy atom. The van der Waals surface area contributed by atoms with Crippen molar-refractivity contribution in [1.29, 1.82) is 0 Å². The molecule has 2 aromatic heterocycles. The molecule has 1 unspecified atom stereocenters. The zero-order valence-corrected chi connectivity index (χ0v) is 17.5. The normalized spacial score (nSPS) is 12.5. The predicted molar refractivity (Wildman–Crippen MR) is 110 cm³/mol. The SMILES string of the molecule is CCn1c(C(C)N(Cc2ccco2)C(=O)C(Cl)Cl)nc2ccc(Cl)cc2c1=O. The van der Waals surface area contributed by atoms with Gasteiger partial charge in [-0.1, -0.05) is 34.8 Å². The van der Waals surface area contributed by atoms with Gasteiger partial charge in [-0.05, 0) is 44.2 Å². The number of rotatable bonds is 6. The first kappa shape index (κ1) is 20.7. The van der Waals surface area contributed by atoms with Gasteiger partial charge in [0.25, 0.3) is 11.5 Å². The van der Waals surface area contributed by atoms with Crippen molar-refractivity contribution in [2.75, 3.05) is 0 Å². The number of hydrogen-bond donors (Lipinski definition) is 0. The minimum Gasteiger partial charge on any atom is -0.467 e. The molecule has 9 heteroatoms. The Bertz CT molecular complexity index is 1050. The van der Waals surface area contributed by atoms with Crippen molar-refractivity contribution in [2.24, 2.45) is 0 Å². The Morgan fingerprint density at radius 1 is 1.32 bits per heavy atom. The fourth-order valence-electron chi connectivity index (χ4n) is 3.08. The first-order valence-corrected chi connectivity index (χ1v) is 9.89. The lowest BCUT2D eigenvalue weighted by Crippen LogP contribution is -2.39. The standard InChI is InChI=1S/C19H18Cl3N3O3/c1-3-24-17(23-15-7-6-12(20)9-14(15)18(24)26)11(2)25(19(27)16(21)22)10-13-5-4-8-28-13/h4-9,11,16H,3,10H2,1-2H3. The average Bonchev–Trinajstić information content (AvgIpc) is 3.18. The van der Waals surface area contributed by atoms with E-state index in [-0.39, 0.29) is 12.1 Å². The molecule has 0 aliphatic heterocycles. The van der Waals surface area contributed by atoms with Crippen molar-refractivity contribution in [2.45, 2.75) is 37.8 Å². The van der Waals surface area contributed by atoms with Crippen molar-refractivity contribution in [3.8, 4) is 0 Å². The summed E-state index contributed by atoms with van der Waals surface area (Å²) in [5.74, 6) is 0.490. The molecule has 3 rings (SSSR count). The van der Waals surface area contributed by atoms with Crippen LogP contribution in [0.4, 0.5) is 0 Å². The molecule has 1 aromatic carbocycles. The smallest absolute Gasteiger partial charge is 0.261 e. The number of halogens is 3. The quantitative estimate of drug-likeness (QED) is 0.525. The molecule has 28 heavy (non-hydrogen) atoms. The lowest BCUT2D eigenvalue weighted by atomic mass is 10.2. The molecule has 148 valence electrons. The van der Waals surface area contributed by atoms with E-state index in [0.717, 1.165) is 0 Å². The molecular weight excluding hydrogens is 425 g/mol. The van der Waals surface area contributed by atoms with Crippen molar-refractivity contribution < 1.29 is 9.21 Å². The van der Waals surface area contributed by atoms with Gasteiger partial charge < -0.3 is 9.32 Å². The van der Waals surface area contributed by atoms with Crippen LogP contribution in [0.1, 0.15) is 31.5 Å². The van der Waals surface area contributed by atoms with Gasteiger partial charge in [-0.15, -0.1) is 0 Å². The summed E-state index contributed by atoms with van der Waals surface area (Å²) >= 11 is 17.7. The second kappa shape index (κ2) is 8.55. The van der Waals surface area contributed by atoms with E-state index in [0.29, 0.717) is 34.1 Å². The topological polar surface area (TPSA) is 68.3 Å². The van der Waals surface area contributed by atoms with Gasteiger partial charge in [0, 0.05) is 11.6 Å². The molecule has 1 amide bonds. The molecule has 6 nitrogen and oxygen atoms in total. The summed E-state index contributed by atoms with van der Waals surface area (Å²) in [6.07, 6.45) is 1.52. The molecule has 0 aliphatic rings. The summed E-state index contributed by atoms with van der Waals surface area (Å²) in [7, 11) is 0. The molecule has 0 saturated heterocycles. The van der Waals surface area contributed by atoms with Crippen molar-refractivity contribution in [3.63, 3.8) is 0 Å². The van der Waals surface area contributed by atoms with Gasteiger partial charge in [0.2, 0.25) is 0 Å². The maximum atomic E-state index is 13.0. The van der Waals surface area contributed by atoms with Crippen LogP contribution in [0.2, 0.25) is 5.02 Å². The monoisotopic (exact) mass is 441 g/mol. The van der Waals surface area contributed by atoms with Crippen LogP contribution in [0.25, 0.3) is 10.9 Å². The first-order chi connectivity index (χ1) is 13.3. The number of benzene rings is 1. The van der Waals surface area contributed by atoms with Crippen LogP contribution in [0.3, 0.4) is 0 Å². The lowest BCUT2D eigenvalue weighted by molar-refractivity contribution is -0.132. The summed E-state index contributed by atoms with van der Waals surface area (Å²) in [4.78, 5) is 30.5. The van der Waals surface area contributed by atoms with Crippen molar-refractivity contribution in [3.05, 3.63) is 63.6 Å². The number of hydrogen-bond acceptors (Lipinski definition) is 4. The van der Waals surface area contributed by atoms with Crippen molar-refractivity contribution >= 4 is 51.6 Å². The van der Waals surface area contributed by atoms with Gasteiger partial charge >= 0.3 is 0 Å². The number of carbonyl (C=O) groups is 1. The Balaban J connectivity index is 2.12. The van der Waals surface area contributed by atoms with Crippen molar-refractivity contribution in [1.82, 2.24) is 14.5 Å². The van der Waals surface area contributed by atoms with Crippen LogP contribution in [-0.2, 0) is 17.9 Å². The van der Waals surface area contributed by atoms with Crippen LogP contribution in [0, 0.1) is 0 Å². The molecule has 2 heterocycles. The average molecular weight is 443 g/mol. The third-order valence-electron chi connectivity index (χ3n) is 4.48. The van der Waals surface area contributed by atoms with E-state index < -0.39 is 16.8 Å². The van der Waals surface area contributed by atoms with Crippen LogP contribution in [0.5, 0.6) is 0 Å². The van der Waals surface area contributed by atoms with Gasteiger partial charge in [-0.2, -0.15) is 0 Å². The van der Waals surface area contributed by atoms with Crippen LogP contribution in [0.15, 0.2) is 45.8 Å². The Morgan fingerprint density at radius 2 is 2.07 bits per heavy atom. The number of nitrogens with zero attached hydrogens (tertiary/aromatic N) is 3. The summed E-state index contributed by atoms with van der Waals surface area (Å²) in [5, 5.41) is 0.873. The van der Waals surface area contributed by atoms with Crippen LogP contribution >= 0.6 is 34.8 Å². The largest absolute Gasteiger partial charge is 0.467 e. The predicted octanol–water partition coefficient (Wildman–Crippen LogP) is 4.56. The number of fused-ring (bicyclic) bond motifs is 1. The minimum atomic E-state index is -1.25. The maximum Gasteiger partial charge on any atom is 0.261 e. The van der Waals surface area contributed by atoms with E-state index in [4.69, 9.17) is 39.2 Å². The molecule has 1 atom stereocenters. The van der Waals surface area contributed by atoms with E-state index in [1.165, 1.54) is 15.7 Å². The zero-order chi connectivity index (χ0) is 20.4. The van der Waals surface area contributed by atoms with Crippen LogP contribution in [-0.4, -0.2) is 25.2 Å². The first-order valence-electron chi connectivity index (χ1n) is 8.64. The molecule has 0 N–H and O–H groups in total. The zero-order valence-electron chi connectivity index (χ0n) is 15.2. The number of amides is 1. The molecule has 0 fully saturated rings. The van der Waals surface area contributed by atoms with Gasteiger partial charge in [0.15, 0.2) is 4.84 Å². The second-order valence-electron chi connectivity index (χ2n) is 6.20. The van der Waals surface area contributed by atoms with E-state index in [1.807, 2.05) is 6.92 Å². The highest BCUT2D eigenvalue weighted by atomic mass is 35.5. The van der Waals surface area contributed by atoms with Crippen LogP contribution < -0.4 is 5.56 Å². The number of carbonyl (C=O) groups excluding carboxylic acids is 1. The Kier molecular flexibility index (Phi) is 6.33. The molecule has 0 bridgehead atoms.